The summed E-state index contributed by atoms with van der Waals surface area (Å²) >= 11 is 0. The van der Waals surface area contributed by atoms with Crippen LogP contribution in [0.3, 0.4) is 0 Å². The third kappa shape index (κ3) is 1.55. The highest BCUT2D eigenvalue weighted by Gasteiger charge is 2.24. The molecule has 1 atom stereocenters. The van der Waals surface area contributed by atoms with Crippen LogP contribution in [0.5, 0.6) is 0 Å². The van der Waals surface area contributed by atoms with E-state index < -0.39 is 0 Å². The molecule has 2 heterocycles. The molecule has 1 saturated heterocycles. The van der Waals surface area contributed by atoms with Crippen LogP contribution in [-0.2, 0) is 0 Å². The Labute approximate surface area is 75.6 Å². The van der Waals surface area contributed by atoms with E-state index in [1.807, 2.05) is 0 Å². The van der Waals surface area contributed by atoms with Gasteiger partial charge in [0.15, 0.2) is 0 Å². The Morgan fingerprint density at radius 1 is 1.62 bits per heavy atom. The number of carbonyl (C=O) groups is 1. The summed E-state index contributed by atoms with van der Waals surface area (Å²) in [5.74, 6) is 0. The van der Waals surface area contributed by atoms with E-state index in [0.29, 0.717) is 19.5 Å². The Morgan fingerprint density at radius 3 is 3.00 bits per heavy atom. The first-order valence-corrected chi connectivity index (χ1v) is 4.22. The number of amides is 1. The SMILES string of the molecule is O=C(N1CC[C@@H](O)C1)n1ccnc1. The Bertz CT molecular complexity index is 296. The molecule has 1 N–H and O–H groups in total. The topological polar surface area (TPSA) is 58.4 Å². The van der Waals surface area contributed by atoms with Gasteiger partial charge in [-0.05, 0) is 6.42 Å². The lowest BCUT2D eigenvalue weighted by Crippen LogP contribution is -2.32. The average molecular weight is 181 g/mol. The van der Waals surface area contributed by atoms with Crippen molar-refractivity contribution in [1.82, 2.24) is 14.5 Å². The minimum absolute atomic E-state index is 0.117. The summed E-state index contributed by atoms with van der Waals surface area (Å²) in [6.07, 6.45) is 4.93. The fourth-order valence-electron chi connectivity index (χ4n) is 1.45. The fourth-order valence-corrected chi connectivity index (χ4v) is 1.45. The molecule has 0 aliphatic carbocycles. The zero-order chi connectivity index (χ0) is 9.26. The first-order valence-electron chi connectivity index (χ1n) is 4.22. The molecule has 0 aromatic carbocycles. The molecule has 1 aromatic rings. The number of aromatic nitrogens is 2. The summed E-state index contributed by atoms with van der Waals surface area (Å²) in [5.41, 5.74) is 0. The van der Waals surface area contributed by atoms with Crippen LogP contribution in [0.1, 0.15) is 6.42 Å². The van der Waals surface area contributed by atoms with Gasteiger partial charge in [-0.3, -0.25) is 4.57 Å². The number of carbonyl (C=O) groups excluding carboxylic acids is 1. The second kappa shape index (κ2) is 3.18. The third-order valence-corrected chi connectivity index (χ3v) is 2.16. The van der Waals surface area contributed by atoms with Crippen LogP contribution in [0.25, 0.3) is 0 Å². The molecule has 1 aliphatic rings. The summed E-state index contributed by atoms with van der Waals surface area (Å²) < 4.78 is 1.41. The average Bonchev–Trinajstić information content (AvgIpc) is 2.72. The van der Waals surface area contributed by atoms with Crippen molar-refractivity contribution in [2.45, 2.75) is 12.5 Å². The Morgan fingerprint density at radius 2 is 2.46 bits per heavy atom. The minimum Gasteiger partial charge on any atom is -0.391 e. The molecule has 70 valence electrons. The highest BCUT2D eigenvalue weighted by molar-refractivity contribution is 5.76. The van der Waals surface area contributed by atoms with Crippen LogP contribution in [-0.4, -0.2) is 44.8 Å². The first kappa shape index (κ1) is 8.25. The minimum atomic E-state index is -0.368. The Balaban J connectivity index is 2.06. The van der Waals surface area contributed by atoms with Crippen LogP contribution in [0.2, 0.25) is 0 Å². The van der Waals surface area contributed by atoms with E-state index in [2.05, 4.69) is 4.98 Å². The second-order valence-electron chi connectivity index (χ2n) is 3.14. The van der Waals surface area contributed by atoms with E-state index in [0.717, 1.165) is 0 Å². The van der Waals surface area contributed by atoms with Crippen LogP contribution >= 0.6 is 0 Å². The molecule has 5 heteroatoms. The lowest BCUT2D eigenvalue weighted by molar-refractivity contribution is 0.172. The van der Waals surface area contributed by atoms with Crippen molar-refractivity contribution in [3.63, 3.8) is 0 Å². The molecule has 1 amide bonds. The van der Waals surface area contributed by atoms with Crippen molar-refractivity contribution in [3.05, 3.63) is 18.7 Å². The normalized spacial score (nSPS) is 22.2. The van der Waals surface area contributed by atoms with Gasteiger partial charge in [0, 0.05) is 25.5 Å². The number of hydrogen-bond donors (Lipinski definition) is 1. The summed E-state index contributed by atoms with van der Waals surface area (Å²) in [6, 6.07) is -0.117. The smallest absolute Gasteiger partial charge is 0.329 e. The molecule has 0 unspecified atom stereocenters. The van der Waals surface area contributed by atoms with E-state index in [1.165, 1.54) is 10.9 Å². The molecule has 0 spiro atoms. The van der Waals surface area contributed by atoms with Gasteiger partial charge in [-0.1, -0.05) is 0 Å². The molecule has 13 heavy (non-hydrogen) atoms. The molecule has 0 saturated carbocycles. The van der Waals surface area contributed by atoms with Crippen LogP contribution < -0.4 is 0 Å². The van der Waals surface area contributed by atoms with Gasteiger partial charge in [-0.25, -0.2) is 9.78 Å². The molecule has 0 bridgehead atoms. The number of likely N-dealkylation sites (tertiary alicyclic amines) is 1. The molecule has 1 fully saturated rings. The third-order valence-electron chi connectivity index (χ3n) is 2.16. The quantitative estimate of drug-likeness (QED) is 0.609. The second-order valence-corrected chi connectivity index (χ2v) is 3.14. The highest BCUT2D eigenvalue weighted by Crippen LogP contribution is 2.09. The summed E-state index contributed by atoms with van der Waals surface area (Å²) in [6.45, 7) is 1.05. The monoisotopic (exact) mass is 181 g/mol. The molecule has 2 rings (SSSR count). The number of imidazole rings is 1. The van der Waals surface area contributed by atoms with Gasteiger partial charge in [-0.2, -0.15) is 0 Å². The van der Waals surface area contributed by atoms with E-state index in [-0.39, 0.29) is 12.1 Å². The summed E-state index contributed by atoms with van der Waals surface area (Å²) in [7, 11) is 0. The van der Waals surface area contributed by atoms with Crippen molar-refractivity contribution < 1.29 is 9.90 Å². The van der Waals surface area contributed by atoms with Crippen molar-refractivity contribution in [1.29, 1.82) is 0 Å². The van der Waals surface area contributed by atoms with Gasteiger partial charge < -0.3 is 10.0 Å². The van der Waals surface area contributed by atoms with Crippen molar-refractivity contribution in [2.24, 2.45) is 0 Å². The molecular weight excluding hydrogens is 170 g/mol. The van der Waals surface area contributed by atoms with E-state index in [4.69, 9.17) is 0 Å². The molecule has 1 aromatic heterocycles. The predicted molar refractivity (Wildman–Crippen MR) is 45.2 cm³/mol. The van der Waals surface area contributed by atoms with E-state index in [1.54, 1.807) is 17.3 Å². The van der Waals surface area contributed by atoms with Gasteiger partial charge in [0.2, 0.25) is 0 Å². The number of β-amino-alcohol motifs (C(OH)–C–C–N with tert-alkyl or cyclic N) is 1. The standard InChI is InChI=1S/C8H11N3O2/c12-7-1-3-10(5-7)8(13)11-4-2-9-6-11/h2,4,6-7,12H,1,3,5H2/t7-/m1/s1. The Kier molecular flexibility index (Phi) is 2.02. The number of rotatable bonds is 0. The summed E-state index contributed by atoms with van der Waals surface area (Å²) in [5, 5.41) is 9.23. The maximum atomic E-state index is 11.6. The molecular formula is C8H11N3O2. The lowest BCUT2D eigenvalue weighted by atomic mass is 10.3. The highest BCUT2D eigenvalue weighted by atomic mass is 16.3. The van der Waals surface area contributed by atoms with Gasteiger partial charge in [0.1, 0.15) is 6.33 Å². The zero-order valence-corrected chi connectivity index (χ0v) is 7.13. The maximum Gasteiger partial charge on any atom is 0.329 e. The van der Waals surface area contributed by atoms with Crippen molar-refractivity contribution >= 4 is 6.03 Å². The maximum absolute atomic E-state index is 11.6. The van der Waals surface area contributed by atoms with E-state index in [9.17, 15) is 9.90 Å². The first-order chi connectivity index (χ1) is 6.27. The van der Waals surface area contributed by atoms with E-state index >= 15 is 0 Å². The van der Waals surface area contributed by atoms with Crippen LogP contribution in [0.4, 0.5) is 4.79 Å². The van der Waals surface area contributed by atoms with Gasteiger partial charge in [-0.15, -0.1) is 0 Å². The fraction of sp³-hybridized carbons (Fsp3) is 0.500. The lowest BCUT2D eigenvalue weighted by Gasteiger charge is -2.14. The number of nitrogens with zero attached hydrogens (tertiary/aromatic N) is 3. The zero-order valence-electron chi connectivity index (χ0n) is 7.13. The number of aliphatic hydroxyl groups is 1. The van der Waals surface area contributed by atoms with Gasteiger partial charge in [0.05, 0.1) is 6.10 Å². The molecule has 0 radical (unpaired) electrons. The van der Waals surface area contributed by atoms with Crippen LogP contribution in [0.15, 0.2) is 18.7 Å². The summed E-state index contributed by atoms with van der Waals surface area (Å²) in [4.78, 5) is 17.0. The molecule has 5 nitrogen and oxygen atoms in total. The number of hydrogen-bond acceptors (Lipinski definition) is 3. The molecule has 1 aliphatic heterocycles. The van der Waals surface area contributed by atoms with Gasteiger partial charge in [0.25, 0.3) is 0 Å². The Hall–Kier alpha value is -1.36. The predicted octanol–water partition coefficient (Wildman–Crippen LogP) is -0.0822. The van der Waals surface area contributed by atoms with Crippen molar-refractivity contribution in [2.75, 3.05) is 13.1 Å². The van der Waals surface area contributed by atoms with Crippen LogP contribution in [0, 0.1) is 0 Å². The number of aliphatic hydroxyl groups excluding tert-OH is 1. The van der Waals surface area contributed by atoms with Gasteiger partial charge >= 0.3 is 6.03 Å². The largest absolute Gasteiger partial charge is 0.391 e. The van der Waals surface area contributed by atoms with Crippen molar-refractivity contribution in [3.8, 4) is 0 Å².